The molecule has 0 spiro atoms. The molecule has 5 heteroatoms. The average molecular weight is 328 g/mol. The maximum Gasteiger partial charge on any atom is 0.338 e. The fourth-order valence-electron chi connectivity index (χ4n) is 2.85. The molecule has 0 aromatic heterocycles. The van der Waals surface area contributed by atoms with Gasteiger partial charge in [0.25, 0.3) is 0 Å². The number of carbonyl (C=O) groups is 1. The molecule has 1 aliphatic heterocycles. The Kier molecular flexibility index (Phi) is 4.28. The lowest BCUT2D eigenvalue weighted by atomic mass is 9.95. The molecule has 0 fully saturated rings. The van der Waals surface area contributed by atoms with Gasteiger partial charge < -0.3 is 15.8 Å². The number of hydrogen-bond acceptors (Lipinski definition) is 4. The molecule has 126 valence electrons. The van der Waals surface area contributed by atoms with Gasteiger partial charge in [0.05, 0.1) is 5.56 Å². The number of anilines is 1. The van der Waals surface area contributed by atoms with E-state index in [4.69, 9.17) is 10.5 Å². The molecule has 0 aliphatic carbocycles. The first-order valence-electron chi connectivity index (χ1n) is 7.97. The Labute approximate surface area is 140 Å². The molecule has 0 saturated carbocycles. The highest BCUT2D eigenvalue weighted by atomic mass is 19.1. The van der Waals surface area contributed by atoms with Crippen molar-refractivity contribution in [1.29, 1.82) is 0 Å². The summed E-state index contributed by atoms with van der Waals surface area (Å²) in [5.41, 5.74) is 8.38. The van der Waals surface area contributed by atoms with Crippen LogP contribution in [0.2, 0.25) is 0 Å². The summed E-state index contributed by atoms with van der Waals surface area (Å²) in [6, 6.07) is 10.2. The van der Waals surface area contributed by atoms with E-state index in [-0.39, 0.29) is 17.7 Å². The maximum absolute atomic E-state index is 14.6. The van der Waals surface area contributed by atoms with Crippen LogP contribution in [-0.2, 0) is 11.2 Å². The van der Waals surface area contributed by atoms with Crippen LogP contribution in [0.25, 0.3) is 11.1 Å². The fraction of sp³-hybridized carbons (Fsp3) is 0.316. The van der Waals surface area contributed by atoms with Gasteiger partial charge in [0.15, 0.2) is 0 Å². The zero-order valence-corrected chi connectivity index (χ0v) is 13.9. The lowest BCUT2D eigenvalue weighted by Crippen LogP contribution is -2.38. The van der Waals surface area contributed by atoms with E-state index in [2.05, 4.69) is 5.32 Å². The molecule has 24 heavy (non-hydrogen) atoms. The van der Waals surface area contributed by atoms with Gasteiger partial charge in [0.2, 0.25) is 0 Å². The Morgan fingerprint density at radius 2 is 2.04 bits per heavy atom. The third kappa shape index (κ3) is 3.26. The number of para-hydroxylation sites is 1. The summed E-state index contributed by atoms with van der Waals surface area (Å²) < 4.78 is 19.9. The van der Waals surface area contributed by atoms with E-state index in [9.17, 15) is 9.18 Å². The highest BCUT2D eigenvalue weighted by Gasteiger charge is 2.24. The lowest BCUT2D eigenvalue weighted by molar-refractivity contribution is 0.0433. The van der Waals surface area contributed by atoms with Crippen LogP contribution in [0, 0.1) is 5.82 Å². The summed E-state index contributed by atoms with van der Waals surface area (Å²) in [6.45, 7) is 4.40. The van der Waals surface area contributed by atoms with E-state index in [0.717, 1.165) is 24.2 Å². The first-order chi connectivity index (χ1) is 11.4. The van der Waals surface area contributed by atoms with E-state index >= 15 is 0 Å². The molecule has 0 saturated heterocycles. The highest BCUT2D eigenvalue weighted by Crippen LogP contribution is 2.37. The van der Waals surface area contributed by atoms with Crippen LogP contribution in [-0.4, -0.2) is 24.7 Å². The summed E-state index contributed by atoms with van der Waals surface area (Å²) >= 11 is 0. The first-order valence-corrected chi connectivity index (χ1v) is 7.97. The number of benzene rings is 2. The van der Waals surface area contributed by atoms with Gasteiger partial charge in [-0.15, -0.1) is 0 Å². The largest absolute Gasteiger partial charge is 0.460 e. The molecule has 2 aromatic carbocycles. The van der Waals surface area contributed by atoms with Crippen molar-refractivity contribution >= 4 is 11.7 Å². The molecule has 0 atom stereocenters. The highest BCUT2D eigenvalue weighted by molar-refractivity contribution is 6.00. The smallest absolute Gasteiger partial charge is 0.338 e. The van der Waals surface area contributed by atoms with Crippen molar-refractivity contribution in [2.75, 3.05) is 18.5 Å². The van der Waals surface area contributed by atoms with Crippen molar-refractivity contribution in [2.24, 2.45) is 5.73 Å². The number of carbonyl (C=O) groups excluding carboxylic acids is 1. The number of nitrogens with two attached hydrogens (primary N) is 1. The second kappa shape index (κ2) is 6.24. The summed E-state index contributed by atoms with van der Waals surface area (Å²) in [7, 11) is 0. The molecule has 3 N–H and O–H groups in total. The standard InChI is InChI=1S/C19H21FN2O2/c1-19(2,21)11-24-18(23)14-7-4-8-15(20)16(14)13-6-3-5-12-9-10-22-17(12)13/h3-8,22H,9-11,21H2,1-2H3. The van der Waals surface area contributed by atoms with E-state index in [0.29, 0.717) is 5.56 Å². The zero-order chi connectivity index (χ0) is 17.3. The van der Waals surface area contributed by atoms with Crippen molar-refractivity contribution in [3.8, 4) is 11.1 Å². The molecule has 0 amide bonds. The van der Waals surface area contributed by atoms with Crippen molar-refractivity contribution in [2.45, 2.75) is 25.8 Å². The second-order valence-corrected chi connectivity index (χ2v) is 6.74. The maximum atomic E-state index is 14.6. The number of rotatable bonds is 4. The normalized spacial score (nSPS) is 13.3. The molecule has 0 unspecified atom stereocenters. The molecule has 4 nitrogen and oxygen atoms in total. The molecule has 3 rings (SSSR count). The lowest BCUT2D eigenvalue weighted by Gasteiger charge is -2.19. The molecule has 0 bridgehead atoms. The van der Waals surface area contributed by atoms with E-state index in [1.807, 2.05) is 18.2 Å². The van der Waals surface area contributed by atoms with Gasteiger partial charge in [-0.05, 0) is 38.0 Å². The number of esters is 1. The Morgan fingerprint density at radius 1 is 1.29 bits per heavy atom. The van der Waals surface area contributed by atoms with E-state index < -0.39 is 17.3 Å². The minimum absolute atomic E-state index is 0.0624. The Hall–Kier alpha value is -2.40. The number of hydrogen-bond donors (Lipinski definition) is 2. The van der Waals surface area contributed by atoms with Crippen molar-refractivity contribution < 1.29 is 13.9 Å². The SMILES string of the molecule is CC(C)(N)COC(=O)c1cccc(F)c1-c1cccc2c1NCC2. The van der Waals surface area contributed by atoms with E-state index in [1.54, 1.807) is 19.9 Å². The van der Waals surface area contributed by atoms with Gasteiger partial charge >= 0.3 is 5.97 Å². The summed E-state index contributed by atoms with van der Waals surface area (Å²) in [5.74, 6) is -1.02. The first kappa shape index (κ1) is 16.5. The monoisotopic (exact) mass is 328 g/mol. The number of halogens is 1. The van der Waals surface area contributed by atoms with Crippen molar-refractivity contribution in [3.05, 3.63) is 53.3 Å². The fourth-order valence-corrected chi connectivity index (χ4v) is 2.85. The number of nitrogens with one attached hydrogen (secondary N) is 1. The van der Waals surface area contributed by atoms with E-state index in [1.165, 1.54) is 12.1 Å². The Balaban J connectivity index is 2.03. The van der Waals surface area contributed by atoms with Crippen LogP contribution in [0.4, 0.5) is 10.1 Å². The average Bonchev–Trinajstić information content (AvgIpc) is 3.00. The summed E-state index contributed by atoms with van der Waals surface area (Å²) in [5, 5.41) is 3.28. The minimum atomic E-state index is -0.640. The number of fused-ring (bicyclic) bond motifs is 1. The predicted octanol–water partition coefficient (Wildman–Crippen LogP) is 3.35. The van der Waals surface area contributed by atoms with Crippen LogP contribution in [0.3, 0.4) is 0 Å². The minimum Gasteiger partial charge on any atom is -0.460 e. The van der Waals surface area contributed by atoms with Crippen molar-refractivity contribution in [1.82, 2.24) is 0 Å². The topological polar surface area (TPSA) is 64.3 Å². The van der Waals surface area contributed by atoms with Gasteiger partial charge in [0, 0.05) is 28.9 Å². The van der Waals surface area contributed by atoms with Crippen LogP contribution >= 0.6 is 0 Å². The van der Waals surface area contributed by atoms with Crippen LogP contribution < -0.4 is 11.1 Å². The van der Waals surface area contributed by atoms with Crippen LogP contribution in [0.1, 0.15) is 29.8 Å². The zero-order valence-electron chi connectivity index (χ0n) is 13.9. The van der Waals surface area contributed by atoms with Crippen LogP contribution in [0.15, 0.2) is 36.4 Å². The van der Waals surface area contributed by atoms with Crippen LogP contribution in [0.5, 0.6) is 0 Å². The number of ether oxygens (including phenoxy) is 1. The molecule has 1 heterocycles. The molecule has 1 aliphatic rings. The summed E-state index contributed by atoms with van der Waals surface area (Å²) in [4.78, 5) is 12.5. The quantitative estimate of drug-likeness (QED) is 0.845. The van der Waals surface area contributed by atoms with Gasteiger partial charge in [0.1, 0.15) is 12.4 Å². The van der Waals surface area contributed by atoms with Gasteiger partial charge in [-0.1, -0.05) is 24.3 Å². The van der Waals surface area contributed by atoms with Gasteiger partial charge in [-0.25, -0.2) is 9.18 Å². The molecule has 2 aromatic rings. The second-order valence-electron chi connectivity index (χ2n) is 6.74. The Bertz CT molecular complexity index is 781. The third-order valence-corrected chi connectivity index (χ3v) is 3.93. The van der Waals surface area contributed by atoms with Gasteiger partial charge in [-0.2, -0.15) is 0 Å². The molecular formula is C19H21FN2O2. The summed E-state index contributed by atoms with van der Waals surface area (Å²) in [6.07, 6.45) is 0.888. The van der Waals surface area contributed by atoms with Crippen molar-refractivity contribution in [3.63, 3.8) is 0 Å². The molecule has 0 radical (unpaired) electrons. The third-order valence-electron chi connectivity index (χ3n) is 3.93. The molecular weight excluding hydrogens is 307 g/mol. The van der Waals surface area contributed by atoms with Gasteiger partial charge in [-0.3, -0.25) is 0 Å². The Morgan fingerprint density at radius 3 is 2.79 bits per heavy atom. The predicted molar refractivity (Wildman–Crippen MR) is 92.6 cm³/mol.